The van der Waals surface area contributed by atoms with Gasteiger partial charge in [0.05, 0.1) is 0 Å². The van der Waals surface area contributed by atoms with Crippen molar-refractivity contribution in [2.45, 2.75) is 0 Å². The van der Waals surface area contributed by atoms with Gasteiger partial charge in [0, 0.05) is 39.9 Å². The Morgan fingerprint density at radius 2 is 1.25 bits per heavy atom. The first kappa shape index (κ1) is 15.8. The largest absolute Gasteiger partial charge is 0.759 e. The van der Waals surface area contributed by atoms with Gasteiger partial charge in [-0.3, -0.25) is 8.42 Å². The Hall–Kier alpha value is 0.570. The van der Waals surface area contributed by atoms with Gasteiger partial charge in [-0.2, -0.15) is 0 Å². The van der Waals surface area contributed by atoms with Crippen LogP contribution in [0.1, 0.15) is 0 Å². The van der Waals surface area contributed by atoms with E-state index >= 15 is 0 Å². The number of hydrogen-bond acceptors (Lipinski definition) is 5. The Bertz CT molecular complexity index is 95.6. The first-order chi connectivity index (χ1) is 3.00. The predicted molar refractivity (Wildman–Crippen MR) is 18.6 cm³/mol. The molecule has 57 valence electrons. The topological polar surface area (TPSA) is 100 Å². The second kappa shape index (κ2) is 7.57. The summed E-state index contributed by atoms with van der Waals surface area (Å²) in [5.41, 5.74) is 0. The van der Waals surface area contributed by atoms with Crippen molar-refractivity contribution >= 4 is 10.4 Å². The minimum Gasteiger partial charge on any atom is -0.759 e. The van der Waals surface area contributed by atoms with Gasteiger partial charge < -0.3 is 14.2 Å². The van der Waals surface area contributed by atoms with Gasteiger partial charge in [0.15, 0.2) is 0 Å². The Kier molecular flexibility index (Phi) is 15.0. The fourth-order valence-corrected chi connectivity index (χ4v) is 0. The molecule has 0 aliphatic carbocycles. The molecule has 0 rings (SSSR count). The molecule has 0 saturated carbocycles. The summed E-state index contributed by atoms with van der Waals surface area (Å²) in [7, 11) is -4.17. The zero-order valence-electron chi connectivity index (χ0n) is 3.79. The molecular weight excluding hydrogens is 232 g/mol. The van der Waals surface area contributed by atoms with E-state index in [0.29, 0.717) is 0 Å². The Labute approximate surface area is 62.8 Å². The molecule has 7 heteroatoms. The van der Waals surface area contributed by atoms with Crippen molar-refractivity contribution in [3.8, 4) is 0 Å². The maximum absolute atomic E-state index is 8.52. The van der Waals surface area contributed by atoms with E-state index in [2.05, 4.69) is 0 Å². The summed E-state index contributed by atoms with van der Waals surface area (Å²) in [6, 6.07) is 0. The van der Waals surface area contributed by atoms with E-state index in [0.717, 1.165) is 7.11 Å². The van der Waals surface area contributed by atoms with Crippen LogP contribution in [-0.2, 0) is 32.8 Å². The molecule has 0 aromatic heterocycles. The van der Waals surface area contributed by atoms with Gasteiger partial charge in [-0.05, 0) is 0 Å². The molecule has 0 bridgehead atoms. The van der Waals surface area contributed by atoms with E-state index in [-0.39, 0.29) is 22.4 Å². The summed E-state index contributed by atoms with van der Waals surface area (Å²) in [5, 5.41) is 7.00. The Morgan fingerprint density at radius 1 is 1.25 bits per heavy atom. The fourth-order valence-electron chi connectivity index (χ4n) is 0. The second-order valence-corrected chi connectivity index (χ2v) is 1.22. The first-order valence-corrected chi connectivity index (χ1v) is 2.45. The monoisotopic (exact) mass is 235 g/mol. The standard InChI is InChI=1S/CH4O.Ag.H2O4S/c1-2;;1-5(2,3)4/h2H,1H3;;(H2,1,2,3,4)/p-2. The van der Waals surface area contributed by atoms with Crippen LogP contribution in [0.4, 0.5) is 0 Å². The van der Waals surface area contributed by atoms with Crippen molar-refractivity contribution in [1.82, 2.24) is 0 Å². The van der Waals surface area contributed by atoms with Crippen molar-refractivity contribution in [3.63, 3.8) is 0 Å². The summed E-state index contributed by atoms with van der Waals surface area (Å²) >= 11 is 0. The Morgan fingerprint density at radius 3 is 1.25 bits per heavy atom. The van der Waals surface area contributed by atoms with E-state index in [4.69, 9.17) is 22.6 Å². The number of aliphatic hydroxyl groups is 1. The van der Waals surface area contributed by atoms with Crippen LogP contribution in [-0.4, -0.2) is 29.7 Å². The van der Waals surface area contributed by atoms with Gasteiger partial charge >= 0.3 is 0 Å². The zero-order valence-corrected chi connectivity index (χ0v) is 6.09. The molecule has 0 aromatic rings. The van der Waals surface area contributed by atoms with E-state index in [9.17, 15) is 0 Å². The third kappa shape index (κ3) is 627. The molecule has 1 N–H and O–H groups in total. The number of rotatable bonds is 0. The summed E-state index contributed by atoms with van der Waals surface area (Å²) < 4.78 is 34.1. The van der Waals surface area contributed by atoms with E-state index in [1.165, 1.54) is 0 Å². The molecule has 0 aliphatic heterocycles. The van der Waals surface area contributed by atoms with Crippen molar-refractivity contribution in [3.05, 3.63) is 0 Å². The molecular formula is CH4AgO5S-2. The van der Waals surface area contributed by atoms with Crippen LogP contribution >= 0.6 is 0 Å². The quantitative estimate of drug-likeness (QED) is 0.306. The smallest absolute Gasteiger partial charge is 0.0319 e. The number of hydrogen-bond donors (Lipinski definition) is 1. The van der Waals surface area contributed by atoms with Gasteiger partial charge in [0.2, 0.25) is 0 Å². The molecule has 0 heterocycles. The molecule has 8 heavy (non-hydrogen) atoms. The van der Waals surface area contributed by atoms with Crippen molar-refractivity contribution < 1.29 is 45.0 Å². The second-order valence-electron chi connectivity index (χ2n) is 0.408. The van der Waals surface area contributed by atoms with E-state index < -0.39 is 10.4 Å². The van der Waals surface area contributed by atoms with Crippen LogP contribution < -0.4 is 0 Å². The van der Waals surface area contributed by atoms with Crippen LogP contribution in [0, 0.1) is 0 Å². The van der Waals surface area contributed by atoms with Gasteiger partial charge in [0.1, 0.15) is 0 Å². The average Bonchev–Trinajstić information content (AvgIpc) is 1.36. The zero-order chi connectivity index (χ0) is 6.50. The molecule has 0 amide bonds. The van der Waals surface area contributed by atoms with Gasteiger partial charge in [-0.1, -0.05) is 0 Å². The van der Waals surface area contributed by atoms with Gasteiger partial charge in [-0.15, -0.1) is 0 Å². The summed E-state index contributed by atoms with van der Waals surface area (Å²) in [5.74, 6) is 0. The SMILES string of the molecule is CO.O=S(=O)([O-])[O-].[Ag]. The van der Waals surface area contributed by atoms with Crippen molar-refractivity contribution in [2.75, 3.05) is 7.11 Å². The molecule has 0 unspecified atom stereocenters. The van der Waals surface area contributed by atoms with Gasteiger partial charge in [-0.25, -0.2) is 0 Å². The summed E-state index contributed by atoms with van der Waals surface area (Å²) in [6.45, 7) is 0. The predicted octanol–water partition coefficient (Wildman–Crippen LogP) is -1.73. The van der Waals surface area contributed by atoms with Crippen LogP contribution in [0.15, 0.2) is 0 Å². The van der Waals surface area contributed by atoms with Crippen LogP contribution in [0.3, 0.4) is 0 Å². The molecule has 1 radical (unpaired) electrons. The molecule has 0 saturated heterocycles. The minimum absolute atomic E-state index is 0. The van der Waals surface area contributed by atoms with E-state index in [1.54, 1.807) is 0 Å². The van der Waals surface area contributed by atoms with Crippen LogP contribution in [0.25, 0.3) is 0 Å². The third-order valence-electron chi connectivity index (χ3n) is 0. The van der Waals surface area contributed by atoms with Crippen molar-refractivity contribution in [1.29, 1.82) is 0 Å². The maximum atomic E-state index is 8.52. The normalized spacial score (nSPS) is 8.00. The molecule has 0 atom stereocenters. The van der Waals surface area contributed by atoms with Crippen molar-refractivity contribution in [2.24, 2.45) is 0 Å². The molecule has 5 nitrogen and oxygen atoms in total. The molecule has 0 fully saturated rings. The van der Waals surface area contributed by atoms with Crippen LogP contribution in [0.2, 0.25) is 0 Å². The molecule has 0 aliphatic rings. The number of aliphatic hydroxyl groups excluding tert-OH is 1. The third-order valence-corrected chi connectivity index (χ3v) is 0. The minimum atomic E-state index is -5.17. The Balaban J connectivity index is -0.0000000750. The van der Waals surface area contributed by atoms with Gasteiger partial charge in [0.25, 0.3) is 0 Å². The summed E-state index contributed by atoms with van der Waals surface area (Å²) in [4.78, 5) is 0. The van der Waals surface area contributed by atoms with E-state index in [1.807, 2.05) is 0 Å². The summed E-state index contributed by atoms with van der Waals surface area (Å²) in [6.07, 6.45) is 0. The van der Waals surface area contributed by atoms with Crippen LogP contribution in [0.5, 0.6) is 0 Å². The molecule has 0 spiro atoms. The average molecular weight is 236 g/mol. The molecule has 0 aromatic carbocycles. The maximum Gasteiger partial charge on any atom is 0.0319 e. The first-order valence-electron chi connectivity index (χ1n) is 1.11. The fraction of sp³-hybridized carbons (Fsp3) is 1.00.